The van der Waals surface area contributed by atoms with E-state index in [1.165, 1.54) is 0 Å². The summed E-state index contributed by atoms with van der Waals surface area (Å²) in [5.41, 5.74) is 5.43. The third kappa shape index (κ3) is 4.94. The molecule has 1 fully saturated rings. The Kier molecular flexibility index (Phi) is 5.77. The molecular weight excluding hydrogens is 202 g/mol. The minimum absolute atomic E-state index is 0.292. The molecule has 1 heterocycles. The molecular formula is C12H25N3O. The van der Waals surface area contributed by atoms with Gasteiger partial charge in [0.25, 0.3) is 0 Å². The lowest BCUT2D eigenvalue weighted by molar-refractivity contribution is 0.0309. The fraction of sp³-hybridized carbons (Fsp3) is 0.917. The summed E-state index contributed by atoms with van der Waals surface area (Å²) in [5, 5.41) is 7.31. The van der Waals surface area contributed by atoms with E-state index in [0.29, 0.717) is 24.2 Å². The van der Waals surface area contributed by atoms with E-state index < -0.39 is 0 Å². The van der Waals surface area contributed by atoms with Crippen LogP contribution in [-0.2, 0) is 4.74 Å². The molecule has 0 amide bonds. The molecule has 0 bridgehead atoms. The van der Waals surface area contributed by atoms with Crippen molar-refractivity contribution in [2.45, 2.75) is 39.2 Å². The zero-order valence-electron chi connectivity index (χ0n) is 10.5. The number of nitrogens with zero attached hydrogens (tertiary/aromatic N) is 1. The number of hydrogen-bond acceptors (Lipinski definition) is 3. The number of nitrogens with two attached hydrogens (primary N) is 1. The van der Waals surface area contributed by atoms with Crippen molar-refractivity contribution in [1.82, 2.24) is 4.90 Å². The predicted molar refractivity (Wildman–Crippen MR) is 66.8 cm³/mol. The van der Waals surface area contributed by atoms with Crippen LogP contribution in [0.2, 0.25) is 0 Å². The van der Waals surface area contributed by atoms with Crippen molar-refractivity contribution in [2.24, 2.45) is 11.7 Å². The van der Waals surface area contributed by atoms with E-state index in [1.54, 1.807) is 0 Å². The molecule has 0 atom stereocenters. The average molecular weight is 227 g/mol. The Morgan fingerprint density at radius 3 is 2.56 bits per heavy atom. The summed E-state index contributed by atoms with van der Waals surface area (Å²) in [7, 11) is 0. The first-order valence-corrected chi connectivity index (χ1v) is 6.24. The van der Waals surface area contributed by atoms with Crippen LogP contribution in [0.25, 0.3) is 0 Å². The number of ether oxygens (including phenoxy) is 1. The van der Waals surface area contributed by atoms with E-state index in [4.69, 9.17) is 15.9 Å². The van der Waals surface area contributed by atoms with Crippen molar-refractivity contribution in [3.8, 4) is 0 Å². The molecule has 3 N–H and O–H groups in total. The molecule has 0 aromatic carbocycles. The van der Waals surface area contributed by atoms with Crippen LogP contribution in [0, 0.1) is 11.3 Å². The lowest BCUT2D eigenvalue weighted by Gasteiger charge is -2.35. The summed E-state index contributed by atoms with van der Waals surface area (Å²) in [4.78, 5) is 2.48. The summed E-state index contributed by atoms with van der Waals surface area (Å²) >= 11 is 0. The maximum Gasteiger partial charge on any atom is 0.0918 e. The van der Waals surface area contributed by atoms with Gasteiger partial charge in [0.05, 0.1) is 5.84 Å². The minimum Gasteiger partial charge on any atom is -0.388 e. The first-order valence-electron chi connectivity index (χ1n) is 6.24. The van der Waals surface area contributed by atoms with Crippen LogP contribution >= 0.6 is 0 Å². The molecule has 0 aliphatic carbocycles. The van der Waals surface area contributed by atoms with Crippen molar-refractivity contribution >= 4 is 5.84 Å². The molecule has 1 aliphatic rings. The van der Waals surface area contributed by atoms with Crippen LogP contribution in [0.5, 0.6) is 0 Å². The monoisotopic (exact) mass is 227 g/mol. The molecule has 0 spiro atoms. The standard InChI is InChI=1S/C12H25N3O/c1-10(2)9-15(6-3-12(13)14)11-4-7-16-8-5-11/h10-11H,3-9H2,1-2H3,(H3,13,14). The molecule has 4 nitrogen and oxygen atoms in total. The molecule has 1 saturated heterocycles. The highest BCUT2D eigenvalue weighted by atomic mass is 16.5. The van der Waals surface area contributed by atoms with Gasteiger partial charge in [-0.15, -0.1) is 0 Å². The molecule has 1 aliphatic heterocycles. The van der Waals surface area contributed by atoms with Crippen LogP contribution in [-0.4, -0.2) is 43.1 Å². The van der Waals surface area contributed by atoms with Crippen LogP contribution in [0.1, 0.15) is 33.1 Å². The van der Waals surface area contributed by atoms with Gasteiger partial charge < -0.3 is 10.5 Å². The Morgan fingerprint density at radius 1 is 1.44 bits per heavy atom. The van der Waals surface area contributed by atoms with Crippen LogP contribution in [0.3, 0.4) is 0 Å². The third-order valence-electron chi connectivity index (χ3n) is 2.98. The van der Waals surface area contributed by atoms with Gasteiger partial charge in [-0.1, -0.05) is 13.8 Å². The quantitative estimate of drug-likeness (QED) is 0.533. The van der Waals surface area contributed by atoms with Crippen molar-refractivity contribution in [3.63, 3.8) is 0 Å². The molecule has 0 radical (unpaired) electrons. The smallest absolute Gasteiger partial charge is 0.0918 e. The fourth-order valence-corrected chi connectivity index (χ4v) is 2.21. The third-order valence-corrected chi connectivity index (χ3v) is 2.98. The summed E-state index contributed by atoms with van der Waals surface area (Å²) in [6.45, 7) is 8.23. The topological polar surface area (TPSA) is 62.3 Å². The van der Waals surface area contributed by atoms with Gasteiger partial charge >= 0.3 is 0 Å². The second-order valence-corrected chi connectivity index (χ2v) is 5.01. The Morgan fingerprint density at radius 2 is 2.06 bits per heavy atom. The first kappa shape index (κ1) is 13.5. The van der Waals surface area contributed by atoms with Crippen molar-refractivity contribution < 1.29 is 4.74 Å². The number of rotatable bonds is 6. The summed E-state index contributed by atoms with van der Waals surface area (Å²) < 4.78 is 5.39. The lowest BCUT2D eigenvalue weighted by Crippen LogP contribution is -2.42. The molecule has 1 rings (SSSR count). The first-order chi connectivity index (χ1) is 7.59. The van der Waals surface area contributed by atoms with Crippen molar-refractivity contribution in [1.29, 1.82) is 5.41 Å². The largest absolute Gasteiger partial charge is 0.388 e. The lowest BCUT2D eigenvalue weighted by atomic mass is 10.0. The fourth-order valence-electron chi connectivity index (χ4n) is 2.21. The van der Waals surface area contributed by atoms with Gasteiger partial charge in [-0.25, -0.2) is 0 Å². The molecule has 16 heavy (non-hydrogen) atoms. The van der Waals surface area contributed by atoms with Gasteiger partial charge in [0.15, 0.2) is 0 Å². The summed E-state index contributed by atoms with van der Waals surface area (Å²) in [5.74, 6) is 0.954. The minimum atomic E-state index is 0.292. The van der Waals surface area contributed by atoms with E-state index in [2.05, 4.69) is 18.7 Å². The normalized spacial score (nSPS) is 18.2. The maximum absolute atomic E-state index is 7.31. The van der Waals surface area contributed by atoms with E-state index in [9.17, 15) is 0 Å². The number of nitrogens with one attached hydrogen (secondary N) is 1. The highest BCUT2D eigenvalue weighted by Gasteiger charge is 2.21. The van der Waals surface area contributed by atoms with Gasteiger partial charge in [0.2, 0.25) is 0 Å². The van der Waals surface area contributed by atoms with E-state index in [1.807, 2.05) is 0 Å². The maximum atomic E-state index is 7.31. The Labute approximate surface area is 98.6 Å². The second-order valence-electron chi connectivity index (χ2n) is 5.01. The van der Waals surface area contributed by atoms with Gasteiger partial charge in [0, 0.05) is 38.8 Å². The highest BCUT2D eigenvalue weighted by Crippen LogP contribution is 2.16. The van der Waals surface area contributed by atoms with Crippen LogP contribution < -0.4 is 5.73 Å². The average Bonchev–Trinajstić information content (AvgIpc) is 2.25. The van der Waals surface area contributed by atoms with Gasteiger partial charge in [-0.2, -0.15) is 0 Å². The number of hydrogen-bond donors (Lipinski definition) is 2. The highest BCUT2D eigenvalue weighted by molar-refractivity contribution is 5.76. The number of amidine groups is 1. The van der Waals surface area contributed by atoms with Crippen molar-refractivity contribution in [3.05, 3.63) is 0 Å². The summed E-state index contributed by atoms with van der Waals surface area (Å²) in [6.07, 6.45) is 2.92. The zero-order chi connectivity index (χ0) is 12.0. The molecule has 0 aromatic heterocycles. The Hall–Kier alpha value is -0.610. The molecule has 4 heteroatoms. The van der Waals surface area contributed by atoms with Gasteiger partial charge in [-0.3, -0.25) is 10.3 Å². The van der Waals surface area contributed by atoms with Crippen molar-refractivity contribution in [2.75, 3.05) is 26.3 Å². The van der Waals surface area contributed by atoms with E-state index in [-0.39, 0.29) is 0 Å². The van der Waals surface area contributed by atoms with E-state index >= 15 is 0 Å². The second kappa shape index (κ2) is 6.86. The van der Waals surface area contributed by atoms with Gasteiger partial charge in [0.1, 0.15) is 0 Å². The Balaban J connectivity index is 2.43. The molecule has 94 valence electrons. The van der Waals surface area contributed by atoms with E-state index in [0.717, 1.165) is 39.1 Å². The van der Waals surface area contributed by atoms with Crippen LogP contribution in [0.4, 0.5) is 0 Å². The predicted octanol–water partition coefficient (Wildman–Crippen LogP) is 1.45. The van der Waals surface area contributed by atoms with Gasteiger partial charge in [-0.05, 0) is 18.8 Å². The molecule has 0 unspecified atom stereocenters. The molecule has 0 aromatic rings. The Bertz CT molecular complexity index is 212. The molecule has 0 saturated carbocycles. The zero-order valence-corrected chi connectivity index (χ0v) is 10.5. The SMILES string of the molecule is CC(C)CN(CCC(=N)N)C1CCOCC1. The summed E-state index contributed by atoms with van der Waals surface area (Å²) in [6, 6.07) is 0.621. The van der Waals surface area contributed by atoms with Crippen LogP contribution in [0.15, 0.2) is 0 Å².